The number of carbonyl (C=O) groups excluding carboxylic acids is 1. The van der Waals surface area contributed by atoms with Crippen molar-refractivity contribution >= 4 is 5.91 Å². The Morgan fingerprint density at radius 3 is 2.60 bits per heavy atom. The number of hydrogen-bond donors (Lipinski definition) is 2. The van der Waals surface area contributed by atoms with Crippen molar-refractivity contribution in [1.82, 2.24) is 5.32 Å². The van der Waals surface area contributed by atoms with Crippen molar-refractivity contribution in [2.45, 2.75) is 50.2 Å². The molecule has 2 aliphatic rings. The number of hydrogen-bond acceptors (Lipinski definition) is 2. The molecule has 20 heavy (non-hydrogen) atoms. The van der Waals surface area contributed by atoms with Gasteiger partial charge >= 0.3 is 0 Å². The molecule has 0 spiro atoms. The molecule has 1 amide bonds. The summed E-state index contributed by atoms with van der Waals surface area (Å²) >= 11 is 0. The van der Waals surface area contributed by atoms with Crippen molar-refractivity contribution < 1.29 is 14.3 Å². The Morgan fingerprint density at radius 1 is 1.20 bits per heavy atom. The molecule has 1 aromatic rings. The number of nitrogens with one attached hydrogen (secondary N) is 1. The van der Waals surface area contributed by atoms with Crippen molar-refractivity contribution in [3.63, 3.8) is 0 Å². The fourth-order valence-electron chi connectivity index (χ4n) is 3.13. The van der Waals surface area contributed by atoms with Gasteiger partial charge in [0.05, 0.1) is 6.10 Å². The van der Waals surface area contributed by atoms with Crippen molar-refractivity contribution in [1.29, 1.82) is 0 Å². The van der Waals surface area contributed by atoms with E-state index in [0.717, 1.165) is 32.1 Å². The van der Waals surface area contributed by atoms with Crippen LogP contribution in [0.15, 0.2) is 24.3 Å². The molecule has 4 heteroatoms. The number of rotatable bonds is 3. The lowest BCUT2D eigenvalue weighted by Gasteiger charge is -2.26. The van der Waals surface area contributed by atoms with E-state index in [0.29, 0.717) is 5.56 Å². The first-order valence-corrected chi connectivity index (χ1v) is 7.38. The number of amides is 1. The van der Waals surface area contributed by atoms with Crippen molar-refractivity contribution in [3.05, 3.63) is 35.6 Å². The number of aliphatic hydroxyl groups excluding tert-OH is 1. The second kappa shape index (κ2) is 5.52. The van der Waals surface area contributed by atoms with E-state index < -0.39 is 0 Å². The van der Waals surface area contributed by atoms with Gasteiger partial charge in [-0.05, 0) is 49.7 Å². The molecule has 0 radical (unpaired) electrons. The van der Waals surface area contributed by atoms with Crippen LogP contribution in [0.2, 0.25) is 0 Å². The molecule has 2 fully saturated rings. The van der Waals surface area contributed by atoms with Gasteiger partial charge in [-0.1, -0.05) is 18.2 Å². The van der Waals surface area contributed by atoms with Gasteiger partial charge in [-0.2, -0.15) is 0 Å². The summed E-state index contributed by atoms with van der Waals surface area (Å²) in [6, 6.07) is 6.88. The highest BCUT2D eigenvalue weighted by atomic mass is 19.1. The Morgan fingerprint density at radius 2 is 1.90 bits per heavy atom. The van der Waals surface area contributed by atoms with Gasteiger partial charge in [-0.3, -0.25) is 4.79 Å². The zero-order valence-electron chi connectivity index (χ0n) is 11.4. The maximum Gasteiger partial charge on any atom is 0.223 e. The van der Waals surface area contributed by atoms with Crippen LogP contribution in [0.3, 0.4) is 0 Å². The lowest BCUT2D eigenvalue weighted by Crippen LogP contribution is -2.39. The fraction of sp³-hybridized carbons (Fsp3) is 0.562. The first kappa shape index (κ1) is 13.6. The van der Waals surface area contributed by atoms with E-state index in [4.69, 9.17) is 0 Å². The van der Waals surface area contributed by atoms with Gasteiger partial charge in [0, 0.05) is 12.0 Å². The minimum atomic E-state index is -0.214. The van der Waals surface area contributed by atoms with Gasteiger partial charge in [0.15, 0.2) is 0 Å². The molecule has 3 nitrogen and oxygen atoms in total. The lowest BCUT2D eigenvalue weighted by atomic mass is 9.93. The van der Waals surface area contributed by atoms with Gasteiger partial charge < -0.3 is 10.4 Å². The van der Waals surface area contributed by atoms with E-state index in [2.05, 4.69) is 5.32 Å². The van der Waals surface area contributed by atoms with Crippen LogP contribution >= 0.6 is 0 Å². The predicted molar refractivity (Wildman–Crippen MR) is 73.7 cm³/mol. The normalized spacial score (nSPS) is 32.7. The Hall–Kier alpha value is -1.42. The number of aliphatic hydroxyl groups is 1. The molecular weight excluding hydrogens is 257 g/mol. The molecule has 2 N–H and O–H groups in total. The molecule has 2 aliphatic carbocycles. The summed E-state index contributed by atoms with van der Waals surface area (Å²) in [6.07, 6.45) is 3.71. The van der Waals surface area contributed by atoms with Crippen LogP contribution in [0, 0.1) is 11.7 Å². The van der Waals surface area contributed by atoms with Crippen molar-refractivity contribution in [2.24, 2.45) is 5.92 Å². The van der Waals surface area contributed by atoms with Crippen molar-refractivity contribution in [3.8, 4) is 0 Å². The Balaban J connectivity index is 1.54. The standard InChI is InChI=1S/C16H20FNO2/c17-15-4-2-1-3-12(15)13-9-14(13)16(20)18-10-5-7-11(19)8-6-10/h1-4,10-11,13-14,19H,5-9H2,(H,18,20). The molecule has 108 valence electrons. The third kappa shape index (κ3) is 2.85. The van der Waals surface area contributed by atoms with E-state index >= 15 is 0 Å². The predicted octanol–water partition coefficient (Wildman–Crippen LogP) is 2.35. The zero-order chi connectivity index (χ0) is 14.1. The monoisotopic (exact) mass is 277 g/mol. The second-order valence-electron chi connectivity index (χ2n) is 5.98. The maximum atomic E-state index is 13.7. The van der Waals surface area contributed by atoms with Crippen molar-refractivity contribution in [2.75, 3.05) is 0 Å². The molecule has 0 aromatic heterocycles. The Bertz CT molecular complexity index is 497. The molecule has 2 saturated carbocycles. The first-order chi connectivity index (χ1) is 9.65. The summed E-state index contributed by atoms with van der Waals surface area (Å²) in [5.74, 6) is -0.225. The van der Waals surface area contributed by atoms with Gasteiger partial charge in [0.2, 0.25) is 5.91 Å². The average Bonchev–Trinajstić information content (AvgIpc) is 3.22. The third-order valence-corrected chi connectivity index (χ3v) is 4.47. The van der Waals surface area contributed by atoms with E-state index in [1.54, 1.807) is 12.1 Å². The molecule has 0 aliphatic heterocycles. The summed E-state index contributed by atoms with van der Waals surface area (Å²) in [4.78, 5) is 12.2. The number of benzene rings is 1. The number of carbonyl (C=O) groups is 1. The highest BCUT2D eigenvalue weighted by Crippen LogP contribution is 2.48. The summed E-state index contributed by atoms with van der Waals surface area (Å²) in [7, 11) is 0. The number of halogens is 1. The van der Waals surface area contributed by atoms with Crippen LogP contribution in [0.25, 0.3) is 0 Å². The largest absolute Gasteiger partial charge is 0.393 e. The molecule has 0 heterocycles. The highest BCUT2D eigenvalue weighted by Gasteiger charge is 2.45. The zero-order valence-corrected chi connectivity index (χ0v) is 11.4. The van der Waals surface area contributed by atoms with E-state index in [-0.39, 0.29) is 35.7 Å². The van der Waals surface area contributed by atoms with Gasteiger partial charge in [-0.15, -0.1) is 0 Å². The van der Waals surface area contributed by atoms with Gasteiger partial charge in [0.1, 0.15) is 5.82 Å². The summed E-state index contributed by atoms with van der Waals surface area (Å²) < 4.78 is 13.7. The van der Waals surface area contributed by atoms with Gasteiger partial charge in [-0.25, -0.2) is 4.39 Å². The second-order valence-corrected chi connectivity index (χ2v) is 5.98. The first-order valence-electron chi connectivity index (χ1n) is 7.38. The van der Waals surface area contributed by atoms with Crippen LogP contribution in [0.4, 0.5) is 4.39 Å². The Labute approximate surface area is 118 Å². The molecule has 2 unspecified atom stereocenters. The molecule has 3 rings (SSSR count). The summed E-state index contributed by atoms with van der Waals surface area (Å²) in [6.45, 7) is 0. The molecule has 0 saturated heterocycles. The minimum absolute atomic E-state index is 0.0328. The topological polar surface area (TPSA) is 49.3 Å². The van der Waals surface area contributed by atoms with Crippen LogP contribution < -0.4 is 5.32 Å². The highest BCUT2D eigenvalue weighted by molar-refractivity contribution is 5.83. The van der Waals surface area contributed by atoms with Crippen LogP contribution in [-0.2, 0) is 4.79 Å². The Kier molecular flexibility index (Phi) is 3.74. The molecule has 1 aromatic carbocycles. The van der Waals surface area contributed by atoms with Gasteiger partial charge in [0.25, 0.3) is 0 Å². The minimum Gasteiger partial charge on any atom is -0.393 e. The maximum absolute atomic E-state index is 13.7. The molecular formula is C16H20FNO2. The van der Waals surface area contributed by atoms with E-state index in [1.807, 2.05) is 6.07 Å². The van der Waals surface area contributed by atoms with Crippen LogP contribution in [0.1, 0.15) is 43.6 Å². The van der Waals surface area contributed by atoms with Crippen LogP contribution in [0.5, 0.6) is 0 Å². The van der Waals surface area contributed by atoms with E-state index in [9.17, 15) is 14.3 Å². The molecule has 0 bridgehead atoms. The van der Waals surface area contributed by atoms with E-state index in [1.165, 1.54) is 6.07 Å². The average molecular weight is 277 g/mol. The third-order valence-electron chi connectivity index (χ3n) is 4.47. The quantitative estimate of drug-likeness (QED) is 0.891. The SMILES string of the molecule is O=C(NC1CCC(O)CC1)C1CC1c1ccccc1F. The lowest BCUT2D eigenvalue weighted by molar-refractivity contribution is -0.123. The molecule has 2 atom stereocenters. The summed E-state index contributed by atoms with van der Waals surface area (Å²) in [5.41, 5.74) is 0.659. The van der Waals surface area contributed by atoms with Crippen LogP contribution in [-0.4, -0.2) is 23.2 Å². The fourth-order valence-corrected chi connectivity index (χ4v) is 3.13. The smallest absolute Gasteiger partial charge is 0.223 e. The summed E-state index contributed by atoms with van der Waals surface area (Å²) in [5, 5.41) is 12.5.